The first-order valence-corrected chi connectivity index (χ1v) is 10.6. The number of benzene rings is 1. The molecule has 0 radical (unpaired) electrons. The van der Waals surface area contributed by atoms with Gasteiger partial charge in [-0.25, -0.2) is 4.98 Å². The van der Waals surface area contributed by atoms with Crippen LogP contribution in [-0.4, -0.2) is 59.3 Å². The lowest BCUT2D eigenvalue weighted by atomic mass is 10.0. The average Bonchev–Trinajstić information content (AvgIpc) is 2.99. The summed E-state index contributed by atoms with van der Waals surface area (Å²) in [6, 6.07) is 13.0. The van der Waals surface area contributed by atoms with Crippen LogP contribution in [0.4, 0.5) is 5.82 Å². The number of anilines is 1. The number of amides is 2. The van der Waals surface area contributed by atoms with Gasteiger partial charge in [-0.05, 0) is 35.7 Å². The lowest BCUT2D eigenvalue weighted by Crippen LogP contribution is -2.48. The molecule has 2 aliphatic heterocycles. The van der Waals surface area contributed by atoms with Crippen LogP contribution in [0.1, 0.15) is 19.4 Å². The molecule has 0 N–H and O–H groups in total. The van der Waals surface area contributed by atoms with Crippen LogP contribution in [0, 0.1) is 5.92 Å². The Bertz CT molecular complexity index is 964. The number of aromatic nitrogens is 1. The van der Waals surface area contributed by atoms with E-state index in [2.05, 4.69) is 9.88 Å². The first-order chi connectivity index (χ1) is 14.5. The Balaban J connectivity index is 1.64. The molecule has 6 nitrogen and oxygen atoms in total. The molecule has 1 fully saturated rings. The van der Waals surface area contributed by atoms with Crippen LogP contribution in [0.2, 0.25) is 5.02 Å². The Morgan fingerprint density at radius 1 is 0.933 bits per heavy atom. The summed E-state index contributed by atoms with van der Waals surface area (Å²) in [4.78, 5) is 36.6. The molecule has 2 aliphatic rings. The summed E-state index contributed by atoms with van der Waals surface area (Å²) in [5.74, 6) is 0.701. The van der Waals surface area contributed by atoms with Crippen molar-refractivity contribution in [1.29, 1.82) is 0 Å². The number of hydrogen-bond donors (Lipinski definition) is 0. The van der Waals surface area contributed by atoms with Crippen LogP contribution < -0.4 is 4.90 Å². The van der Waals surface area contributed by atoms with E-state index in [9.17, 15) is 9.59 Å². The minimum Gasteiger partial charge on any atom is -0.363 e. The van der Waals surface area contributed by atoms with E-state index in [0.29, 0.717) is 35.9 Å². The molecule has 0 spiro atoms. The molecule has 0 unspecified atom stereocenters. The Kier molecular flexibility index (Phi) is 5.77. The number of piperazine rings is 1. The van der Waals surface area contributed by atoms with Crippen molar-refractivity contribution in [3.05, 3.63) is 64.9 Å². The number of imide groups is 1. The maximum atomic E-state index is 13.3. The quantitative estimate of drug-likeness (QED) is 0.689. The maximum Gasteiger partial charge on any atom is 0.277 e. The van der Waals surface area contributed by atoms with Gasteiger partial charge in [0.25, 0.3) is 11.8 Å². The van der Waals surface area contributed by atoms with Gasteiger partial charge in [-0.3, -0.25) is 14.5 Å². The van der Waals surface area contributed by atoms with E-state index in [1.165, 1.54) is 4.90 Å². The number of halogens is 1. The highest BCUT2D eigenvalue weighted by atomic mass is 35.5. The molecule has 4 rings (SSSR count). The third-order valence-corrected chi connectivity index (χ3v) is 5.65. The van der Waals surface area contributed by atoms with E-state index in [1.807, 2.05) is 49.1 Å². The van der Waals surface area contributed by atoms with Crippen LogP contribution >= 0.6 is 11.6 Å². The van der Waals surface area contributed by atoms with Gasteiger partial charge in [-0.2, -0.15) is 0 Å². The molecule has 0 aliphatic carbocycles. The largest absolute Gasteiger partial charge is 0.363 e. The summed E-state index contributed by atoms with van der Waals surface area (Å²) in [5, 5.41) is 0.598. The summed E-state index contributed by atoms with van der Waals surface area (Å²) in [5.41, 5.74) is 1.71. The fourth-order valence-corrected chi connectivity index (χ4v) is 4.09. The van der Waals surface area contributed by atoms with Crippen LogP contribution in [-0.2, 0) is 9.59 Å². The fraction of sp³-hybridized carbons (Fsp3) is 0.348. The number of nitrogens with zero attached hydrogens (tertiary/aromatic N) is 4. The minimum absolute atomic E-state index is 0.199. The van der Waals surface area contributed by atoms with Gasteiger partial charge in [0.2, 0.25) is 0 Å². The Hall–Kier alpha value is -2.86. The number of rotatable bonds is 5. The highest BCUT2D eigenvalue weighted by molar-refractivity contribution is 6.36. The Labute approximate surface area is 181 Å². The molecule has 1 aromatic heterocycles. The van der Waals surface area contributed by atoms with Crippen molar-refractivity contribution in [3.63, 3.8) is 0 Å². The Morgan fingerprint density at radius 3 is 2.20 bits per heavy atom. The third-order valence-electron chi connectivity index (χ3n) is 5.39. The molecule has 0 bridgehead atoms. The lowest BCUT2D eigenvalue weighted by molar-refractivity contribution is -0.138. The maximum absolute atomic E-state index is 13.3. The number of pyridine rings is 1. The van der Waals surface area contributed by atoms with E-state index >= 15 is 0 Å². The summed E-state index contributed by atoms with van der Waals surface area (Å²) < 4.78 is 0. The van der Waals surface area contributed by atoms with E-state index < -0.39 is 0 Å². The van der Waals surface area contributed by atoms with E-state index in [0.717, 1.165) is 24.5 Å². The van der Waals surface area contributed by atoms with Gasteiger partial charge in [-0.15, -0.1) is 0 Å². The molecular weight excluding hydrogens is 400 g/mol. The van der Waals surface area contributed by atoms with Crippen LogP contribution in [0.25, 0.3) is 5.57 Å². The summed E-state index contributed by atoms with van der Waals surface area (Å²) in [6.45, 7) is 7.19. The van der Waals surface area contributed by atoms with E-state index in [1.54, 1.807) is 18.3 Å². The normalized spacial score (nSPS) is 17.5. The van der Waals surface area contributed by atoms with Crippen molar-refractivity contribution >= 4 is 34.8 Å². The summed E-state index contributed by atoms with van der Waals surface area (Å²) in [7, 11) is 0. The van der Waals surface area contributed by atoms with Gasteiger partial charge in [0.1, 0.15) is 11.5 Å². The predicted molar refractivity (Wildman–Crippen MR) is 118 cm³/mol. The van der Waals surface area contributed by atoms with Gasteiger partial charge in [-0.1, -0.05) is 43.6 Å². The molecule has 7 heteroatoms. The van der Waals surface area contributed by atoms with E-state index in [-0.39, 0.29) is 17.7 Å². The van der Waals surface area contributed by atoms with E-state index in [4.69, 9.17) is 11.6 Å². The second-order valence-corrected chi connectivity index (χ2v) is 8.44. The van der Waals surface area contributed by atoms with Gasteiger partial charge >= 0.3 is 0 Å². The highest BCUT2D eigenvalue weighted by Crippen LogP contribution is 2.33. The van der Waals surface area contributed by atoms with Crippen LogP contribution in [0.5, 0.6) is 0 Å². The smallest absolute Gasteiger partial charge is 0.277 e. The average molecular weight is 425 g/mol. The molecule has 156 valence electrons. The van der Waals surface area contributed by atoms with Crippen molar-refractivity contribution in [2.24, 2.45) is 5.92 Å². The molecule has 0 atom stereocenters. The van der Waals surface area contributed by atoms with Gasteiger partial charge < -0.3 is 9.80 Å². The van der Waals surface area contributed by atoms with Gasteiger partial charge in [0.05, 0.1) is 5.57 Å². The van der Waals surface area contributed by atoms with Crippen LogP contribution in [0.3, 0.4) is 0 Å². The third kappa shape index (κ3) is 3.92. The molecule has 1 aromatic carbocycles. The Morgan fingerprint density at radius 2 is 1.60 bits per heavy atom. The van der Waals surface area contributed by atoms with Crippen LogP contribution in [0.15, 0.2) is 54.4 Å². The molecule has 3 heterocycles. The first kappa shape index (κ1) is 20.4. The molecular formula is C23H25ClN4O2. The van der Waals surface area contributed by atoms with Gasteiger partial charge in [0, 0.05) is 43.9 Å². The van der Waals surface area contributed by atoms with Crippen molar-refractivity contribution in [2.45, 2.75) is 13.8 Å². The topological polar surface area (TPSA) is 56.8 Å². The predicted octanol–water partition coefficient (Wildman–Crippen LogP) is 3.29. The second kappa shape index (κ2) is 8.48. The molecule has 1 saturated heterocycles. The standard InChI is InChI=1S/C23H25ClN4O2/c1-16(2)15-28-22(29)20(17-6-8-18(24)9-7-17)21(23(28)30)27-13-11-26(12-14-27)19-5-3-4-10-25-19/h3-10,16H,11-15H2,1-2H3. The highest BCUT2D eigenvalue weighted by Gasteiger charge is 2.42. The zero-order valence-electron chi connectivity index (χ0n) is 17.2. The first-order valence-electron chi connectivity index (χ1n) is 10.2. The molecule has 0 saturated carbocycles. The second-order valence-electron chi connectivity index (χ2n) is 8.01. The van der Waals surface area contributed by atoms with Gasteiger partial charge in [0.15, 0.2) is 0 Å². The number of hydrogen-bond acceptors (Lipinski definition) is 5. The van der Waals surface area contributed by atoms with Crippen molar-refractivity contribution in [3.8, 4) is 0 Å². The van der Waals surface area contributed by atoms with Crippen molar-refractivity contribution in [1.82, 2.24) is 14.8 Å². The van der Waals surface area contributed by atoms with Crippen molar-refractivity contribution in [2.75, 3.05) is 37.6 Å². The zero-order chi connectivity index (χ0) is 21.3. The zero-order valence-corrected chi connectivity index (χ0v) is 18.0. The minimum atomic E-state index is -0.224. The molecule has 2 amide bonds. The summed E-state index contributed by atoms with van der Waals surface area (Å²) in [6.07, 6.45) is 1.78. The molecule has 2 aromatic rings. The number of carbonyl (C=O) groups is 2. The SMILES string of the molecule is CC(C)CN1C(=O)C(c2ccc(Cl)cc2)=C(N2CCN(c3ccccn3)CC2)C1=O. The lowest BCUT2D eigenvalue weighted by Gasteiger charge is -2.37. The monoisotopic (exact) mass is 424 g/mol. The van der Waals surface area contributed by atoms with Crippen molar-refractivity contribution < 1.29 is 9.59 Å². The number of carbonyl (C=O) groups excluding carboxylic acids is 2. The molecule has 30 heavy (non-hydrogen) atoms. The summed E-state index contributed by atoms with van der Waals surface area (Å²) >= 11 is 6.04. The fourth-order valence-electron chi connectivity index (χ4n) is 3.96.